The van der Waals surface area contributed by atoms with Crippen LogP contribution >= 0.6 is 11.3 Å². The second-order valence-electron chi connectivity index (χ2n) is 7.22. The monoisotopic (exact) mass is 468 g/mol. The third kappa shape index (κ3) is 7.44. The number of para-hydroxylation sites is 1. The average molecular weight is 469 g/mol. The number of carbonyl (C=O) groups is 3. The van der Waals surface area contributed by atoms with Crippen LogP contribution in [0.3, 0.4) is 0 Å². The Morgan fingerprint density at radius 3 is 2.09 bits per heavy atom. The normalized spacial score (nSPS) is 13.5. The van der Waals surface area contributed by atoms with Crippen molar-refractivity contribution in [1.29, 1.82) is 0 Å². The van der Waals surface area contributed by atoms with E-state index in [4.69, 9.17) is 24.5 Å². The molecule has 1 saturated heterocycles. The molecule has 1 aliphatic rings. The van der Waals surface area contributed by atoms with Gasteiger partial charge in [-0.3, -0.25) is 9.69 Å². The fourth-order valence-electron chi connectivity index (χ4n) is 3.26. The Morgan fingerprint density at radius 1 is 0.818 bits per heavy atom. The van der Waals surface area contributed by atoms with Crippen molar-refractivity contribution in [3.63, 3.8) is 0 Å². The van der Waals surface area contributed by atoms with Crippen LogP contribution in [-0.4, -0.2) is 64.0 Å². The lowest BCUT2D eigenvalue weighted by atomic mass is 10.2. The molecule has 0 unspecified atom stereocenters. The highest BCUT2D eigenvalue weighted by Gasteiger charge is 2.22. The van der Waals surface area contributed by atoms with Gasteiger partial charge in [0.2, 0.25) is 0 Å². The van der Waals surface area contributed by atoms with Crippen molar-refractivity contribution in [2.24, 2.45) is 0 Å². The molecule has 8 nitrogen and oxygen atoms in total. The number of aliphatic carboxylic acids is 2. The van der Waals surface area contributed by atoms with E-state index < -0.39 is 11.9 Å². The molecule has 0 saturated carbocycles. The molecule has 3 aromatic rings. The summed E-state index contributed by atoms with van der Waals surface area (Å²) in [5.74, 6) is -1.80. The van der Waals surface area contributed by atoms with Gasteiger partial charge in [-0.15, -0.1) is 11.3 Å². The minimum atomic E-state index is -1.82. The number of ether oxygens (including phenoxy) is 1. The van der Waals surface area contributed by atoms with E-state index in [2.05, 4.69) is 17.0 Å². The van der Waals surface area contributed by atoms with Crippen molar-refractivity contribution in [1.82, 2.24) is 9.80 Å². The number of benzene rings is 2. The first-order valence-electron chi connectivity index (χ1n) is 10.3. The molecular formula is C24H24N2O6S. The van der Waals surface area contributed by atoms with E-state index in [1.165, 1.54) is 16.9 Å². The first-order chi connectivity index (χ1) is 15.9. The summed E-state index contributed by atoms with van der Waals surface area (Å²) in [5, 5.41) is 16.7. The third-order valence-electron chi connectivity index (χ3n) is 4.86. The van der Waals surface area contributed by atoms with Crippen LogP contribution in [0.1, 0.15) is 15.2 Å². The van der Waals surface area contributed by atoms with Crippen molar-refractivity contribution in [2.45, 2.75) is 6.54 Å². The van der Waals surface area contributed by atoms with Crippen molar-refractivity contribution in [2.75, 3.05) is 26.2 Å². The standard InChI is InChI=1S/C22H22N2O2S.C2H2O4/c25-22(21-10-5-15-27-21)24-13-11-23(12-14-24)17-18-6-4-9-20(16-18)26-19-7-2-1-3-8-19;3-1(4)2(5)6/h1-10,15-16H,11-14,17H2;(H,3,4)(H,5,6). The fraction of sp³-hybridized carbons (Fsp3) is 0.208. The third-order valence-corrected chi connectivity index (χ3v) is 5.72. The Morgan fingerprint density at radius 2 is 1.48 bits per heavy atom. The van der Waals surface area contributed by atoms with Gasteiger partial charge in [-0.05, 0) is 41.3 Å². The van der Waals surface area contributed by atoms with Gasteiger partial charge in [-0.1, -0.05) is 36.4 Å². The quantitative estimate of drug-likeness (QED) is 0.550. The number of carbonyl (C=O) groups excluding carboxylic acids is 1. The molecule has 0 atom stereocenters. The number of rotatable bonds is 5. The van der Waals surface area contributed by atoms with Crippen LogP contribution in [0.25, 0.3) is 0 Å². The first kappa shape index (κ1) is 24.0. The molecule has 2 N–H and O–H groups in total. The van der Waals surface area contributed by atoms with Crippen molar-refractivity contribution < 1.29 is 29.3 Å². The molecule has 1 fully saturated rings. The van der Waals surface area contributed by atoms with E-state index in [-0.39, 0.29) is 5.91 Å². The van der Waals surface area contributed by atoms with E-state index in [1.807, 2.05) is 64.9 Å². The molecule has 1 aromatic heterocycles. The number of hydrogen-bond acceptors (Lipinski definition) is 6. The fourth-order valence-corrected chi connectivity index (χ4v) is 3.95. The minimum absolute atomic E-state index is 0.155. The van der Waals surface area contributed by atoms with Gasteiger partial charge in [0.15, 0.2) is 0 Å². The maximum absolute atomic E-state index is 12.4. The average Bonchev–Trinajstić information content (AvgIpc) is 3.35. The number of nitrogens with zero attached hydrogens (tertiary/aromatic N) is 2. The highest BCUT2D eigenvalue weighted by molar-refractivity contribution is 7.12. The molecule has 1 amide bonds. The molecule has 172 valence electrons. The van der Waals surface area contributed by atoms with Gasteiger partial charge in [-0.25, -0.2) is 9.59 Å². The molecule has 0 bridgehead atoms. The van der Waals surface area contributed by atoms with Crippen molar-refractivity contribution in [3.05, 3.63) is 82.6 Å². The zero-order valence-corrected chi connectivity index (χ0v) is 18.6. The van der Waals surface area contributed by atoms with Gasteiger partial charge in [0.25, 0.3) is 5.91 Å². The summed E-state index contributed by atoms with van der Waals surface area (Å²) in [5.41, 5.74) is 1.22. The van der Waals surface area contributed by atoms with Crippen LogP contribution < -0.4 is 4.74 Å². The SMILES string of the molecule is O=C(O)C(=O)O.O=C(c1cccs1)N1CCN(Cc2cccc(Oc3ccccc3)c2)CC1. The highest BCUT2D eigenvalue weighted by Crippen LogP contribution is 2.23. The maximum atomic E-state index is 12.4. The summed E-state index contributed by atoms with van der Waals surface area (Å²) in [6.45, 7) is 4.20. The Kier molecular flexibility index (Phi) is 8.56. The van der Waals surface area contributed by atoms with Crippen LogP contribution in [0.15, 0.2) is 72.1 Å². The Labute approximate surface area is 195 Å². The Balaban J connectivity index is 0.000000454. The van der Waals surface area contributed by atoms with Crippen LogP contribution in [0.2, 0.25) is 0 Å². The summed E-state index contributed by atoms with van der Waals surface area (Å²) in [4.78, 5) is 35.8. The largest absolute Gasteiger partial charge is 0.473 e. The summed E-state index contributed by atoms with van der Waals surface area (Å²) in [6.07, 6.45) is 0. The second kappa shape index (κ2) is 11.8. The minimum Gasteiger partial charge on any atom is -0.473 e. The van der Waals surface area contributed by atoms with E-state index in [9.17, 15) is 4.79 Å². The zero-order valence-electron chi connectivity index (χ0n) is 17.8. The van der Waals surface area contributed by atoms with Crippen molar-refractivity contribution >= 4 is 29.2 Å². The predicted molar refractivity (Wildman–Crippen MR) is 124 cm³/mol. The van der Waals surface area contributed by atoms with Crippen LogP contribution in [0.4, 0.5) is 0 Å². The van der Waals surface area contributed by atoms with E-state index >= 15 is 0 Å². The molecule has 0 radical (unpaired) electrons. The number of hydrogen-bond donors (Lipinski definition) is 2. The number of piperazine rings is 1. The number of amides is 1. The summed E-state index contributed by atoms with van der Waals surface area (Å²) in [6, 6.07) is 21.9. The van der Waals surface area contributed by atoms with Gasteiger partial charge in [0, 0.05) is 32.7 Å². The lowest BCUT2D eigenvalue weighted by molar-refractivity contribution is -0.159. The lowest BCUT2D eigenvalue weighted by Gasteiger charge is -2.34. The number of thiophene rings is 1. The smallest absolute Gasteiger partial charge is 0.414 e. The molecule has 2 heterocycles. The lowest BCUT2D eigenvalue weighted by Crippen LogP contribution is -2.48. The molecule has 33 heavy (non-hydrogen) atoms. The van der Waals surface area contributed by atoms with Crippen LogP contribution in [-0.2, 0) is 16.1 Å². The van der Waals surface area contributed by atoms with Gasteiger partial charge < -0.3 is 19.8 Å². The topological polar surface area (TPSA) is 107 Å². The molecule has 1 aliphatic heterocycles. The van der Waals surface area contributed by atoms with Gasteiger partial charge >= 0.3 is 11.9 Å². The van der Waals surface area contributed by atoms with E-state index in [0.717, 1.165) is 49.1 Å². The second-order valence-corrected chi connectivity index (χ2v) is 8.17. The van der Waals surface area contributed by atoms with Gasteiger partial charge in [-0.2, -0.15) is 0 Å². The summed E-state index contributed by atoms with van der Waals surface area (Å²) < 4.78 is 5.93. The van der Waals surface area contributed by atoms with Gasteiger partial charge in [0.05, 0.1) is 4.88 Å². The maximum Gasteiger partial charge on any atom is 0.414 e. The number of carboxylic acid groups (broad SMARTS) is 2. The zero-order chi connectivity index (χ0) is 23.6. The van der Waals surface area contributed by atoms with Gasteiger partial charge in [0.1, 0.15) is 11.5 Å². The van der Waals surface area contributed by atoms with Crippen LogP contribution in [0, 0.1) is 0 Å². The molecule has 0 aliphatic carbocycles. The summed E-state index contributed by atoms with van der Waals surface area (Å²) in [7, 11) is 0. The molecule has 9 heteroatoms. The molecule has 2 aromatic carbocycles. The first-order valence-corrected chi connectivity index (χ1v) is 11.1. The Hall–Kier alpha value is -3.69. The summed E-state index contributed by atoms with van der Waals surface area (Å²) >= 11 is 1.51. The number of carboxylic acids is 2. The van der Waals surface area contributed by atoms with E-state index in [0.29, 0.717) is 0 Å². The van der Waals surface area contributed by atoms with E-state index in [1.54, 1.807) is 0 Å². The Bertz CT molecular complexity index is 1050. The highest BCUT2D eigenvalue weighted by atomic mass is 32.1. The van der Waals surface area contributed by atoms with Crippen LogP contribution in [0.5, 0.6) is 11.5 Å². The molecule has 0 spiro atoms. The predicted octanol–water partition coefficient (Wildman–Crippen LogP) is 3.65. The molecule has 4 rings (SSSR count). The molecular weight excluding hydrogens is 444 g/mol. The van der Waals surface area contributed by atoms with Crippen molar-refractivity contribution in [3.8, 4) is 11.5 Å².